The van der Waals surface area contributed by atoms with E-state index in [9.17, 15) is 14.3 Å². The van der Waals surface area contributed by atoms with E-state index in [1.807, 2.05) is 13.8 Å². The average molecular weight is 342 g/mol. The summed E-state index contributed by atoms with van der Waals surface area (Å²) in [7, 11) is 0. The maximum absolute atomic E-state index is 13.9. The third-order valence-corrected chi connectivity index (χ3v) is 3.25. The molecule has 0 spiro atoms. The number of benzene rings is 1. The molecule has 0 aliphatic heterocycles. The second-order valence-electron chi connectivity index (χ2n) is 4.86. The van der Waals surface area contributed by atoms with Gasteiger partial charge in [0.05, 0.1) is 0 Å². The predicted octanol–water partition coefficient (Wildman–Crippen LogP) is 4.14. The molecule has 1 aromatic carbocycles. The molecule has 0 unspecified atom stereocenters. The van der Waals surface area contributed by atoms with E-state index < -0.39 is 11.8 Å². The van der Waals surface area contributed by atoms with Gasteiger partial charge in [0, 0.05) is 16.5 Å². The van der Waals surface area contributed by atoms with Crippen LogP contribution in [0.5, 0.6) is 0 Å². The van der Waals surface area contributed by atoms with Gasteiger partial charge in [-0.3, -0.25) is 0 Å². The highest BCUT2D eigenvalue weighted by Crippen LogP contribution is 2.30. The van der Waals surface area contributed by atoms with Crippen LogP contribution < -0.4 is 0 Å². The lowest BCUT2D eigenvalue weighted by Crippen LogP contribution is -2.04. The zero-order valence-corrected chi connectivity index (χ0v) is 12.6. The van der Waals surface area contributed by atoms with Crippen LogP contribution in [-0.4, -0.2) is 16.2 Å². The summed E-state index contributed by atoms with van der Waals surface area (Å²) in [4.78, 5) is 11.4. The first-order chi connectivity index (χ1) is 9.40. The molecule has 0 bridgehead atoms. The summed E-state index contributed by atoms with van der Waals surface area (Å²) in [6.07, 6.45) is 0.437. The number of halogens is 2. The molecular formula is C14H13BrFNO3. The lowest BCUT2D eigenvalue weighted by Gasteiger charge is -2.03. The molecule has 20 heavy (non-hydrogen) atoms. The minimum absolute atomic E-state index is 0.0261. The number of aromatic carboxylic acids is 1. The molecule has 1 heterocycles. The van der Waals surface area contributed by atoms with Crippen LogP contribution in [0.3, 0.4) is 0 Å². The third-order valence-electron chi connectivity index (χ3n) is 2.76. The number of hydrogen-bond acceptors (Lipinski definition) is 3. The Bertz CT molecular complexity index is 652. The fourth-order valence-electron chi connectivity index (χ4n) is 1.92. The maximum Gasteiger partial charge on any atom is 0.341 e. The number of carboxylic acid groups (broad SMARTS) is 1. The molecule has 0 saturated heterocycles. The number of rotatable bonds is 4. The highest BCUT2D eigenvalue weighted by atomic mass is 79.9. The lowest BCUT2D eigenvalue weighted by atomic mass is 10.0. The van der Waals surface area contributed by atoms with Crippen LogP contribution in [0, 0.1) is 11.7 Å². The summed E-state index contributed by atoms with van der Waals surface area (Å²) in [5, 5.41) is 13.1. The number of nitrogens with zero attached hydrogens (tertiary/aromatic N) is 1. The molecule has 106 valence electrons. The average Bonchev–Trinajstić information content (AvgIpc) is 2.71. The Kier molecular flexibility index (Phi) is 4.23. The monoisotopic (exact) mass is 341 g/mol. The molecule has 1 N–H and O–H groups in total. The Balaban J connectivity index is 2.56. The maximum atomic E-state index is 13.9. The van der Waals surface area contributed by atoms with Crippen molar-refractivity contribution in [2.75, 3.05) is 0 Å². The highest BCUT2D eigenvalue weighted by molar-refractivity contribution is 9.10. The molecule has 0 atom stereocenters. The molecule has 2 aromatic rings. The van der Waals surface area contributed by atoms with Crippen molar-refractivity contribution in [3.63, 3.8) is 0 Å². The first-order valence-electron chi connectivity index (χ1n) is 6.07. The van der Waals surface area contributed by atoms with Crippen molar-refractivity contribution in [2.24, 2.45) is 5.92 Å². The van der Waals surface area contributed by atoms with E-state index in [1.165, 1.54) is 12.1 Å². The first kappa shape index (κ1) is 14.7. The van der Waals surface area contributed by atoms with Gasteiger partial charge in [-0.25, -0.2) is 9.18 Å². The Morgan fingerprint density at radius 2 is 2.20 bits per heavy atom. The molecule has 0 fully saturated rings. The molecule has 6 heteroatoms. The van der Waals surface area contributed by atoms with Gasteiger partial charge in [-0.2, -0.15) is 0 Å². The van der Waals surface area contributed by atoms with Gasteiger partial charge in [0.2, 0.25) is 0 Å². The van der Waals surface area contributed by atoms with Crippen molar-refractivity contribution in [2.45, 2.75) is 20.3 Å². The van der Waals surface area contributed by atoms with Gasteiger partial charge in [0.1, 0.15) is 17.1 Å². The zero-order chi connectivity index (χ0) is 14.9. The Hall–Kier alpha value is -1.69. The Morgan fingerprint density at radius 3 is 2.75 bits per heavy atom. The van der Waals surface area contributed by atoms with Crippen LogP contribution in [0.4, 0.5) is 4.39 Å². The van der Waals surface area contributed by atoms with Gasteiger partial charge in [-0.1, -0.05) is 34.9 Å². The van der Waals surface area contributed by atoms with Gasteiger partial charge >= 0.3 is 5.97 Å². The molecule has 0 saturated carbocycles. The van der Waals surface area contributed by atoms with E-state index in [-0.39, 0.29) is 28.5 Å². The number of aromatic nitrogens is 1. The molecule has 2 rings (SSSR count). The van der Waals surface area contributed by atoms with Crippen LogP contribution in [0.2, 0.25) is 0 Å². The summed E-state index contributed by atoms with van der Waals surface area (Å²) >= 11 is 3.15. The first-order valence-corrected chi connectivity index (χ1v) is 6.86. The Morgan fingerprint density at radius 1 is 1.50 bits per heavy atom. The molecule has 0 amide bonds. The fraction of sp³-hybridized carbons (Fsp3) is 0.286. The number of carbonyl (C=O) groups is 1. The summed E-state index contributed by atoms with van der Waals surface area (Å²) in [6, 6.07) is 4.36. The van der Waals surface area contributed by atoms with Crippen molar-refractivity contribution < 1.29 is 18.8 Å². The van der Waals surface area contributed by atoms with Gasteiger partial charge in [0.25, 0.3) is 0 Å². The van der Waals surface area contributed by atoms with Gasteiger partial charge in [-0.05, 0) is 24.1 Å². The van der Waals surface area contributed by atoms with E-state index in [4.69, 9.17) is 4.52 Å². The molecule has 0 aliphatic rings. The molecule has 0 aliphatic carbocycles. The van der Waals surface area contributed by atoms with Crippen molar-refractivity contribution in [3.05, 3.63) is 39.8 Å². The van der Waals surface area contributed by atoms with Crippen molar-refractivity contribution in [3.8, 4) is 11.3 Å². The summed E-state index contributed by atoms with van der Waals surface area (Å²) in [5.41, 5.74) is 0.0717. The van der Waals surface area contributed by atoms with E-state index >= 15 is 0 Å². The smallest absolute Gasteiger partial charge is 0.341 e. The molecule has 1 aromatic heterocycles. The van der Waals surface area contributed by atoms with Crippen LogP contribution in [-0.2, 0) is 6.42 Å². The normalized spacial score (nSPS) is 11.1. The summed E-state index contributed by atoms with van der Waals surface area (Å²) in [6.45, 7) is 3.88. The van der Waals surface area contributed by atoms with E-state index in [0.717, 1.165) is 0 Å². The van der Waals surface area contributed by atoms with Crippen LogP contribution in [0.25, 0.3) is 11.3 Å². The molecule has 4 nitrogen and oxygen atoms in total. The Labute approximate surface area is 123 Å². The molecular weight excluding hydrogens is 329 g/mol. The van der Waals surface area contributed by atoms with Gasteiger partial charge < -0.3 is 9.63 Å². The second-order valence-corrected chi connectivity index (χ2v) is 5.77. The number of hydrogen-bond donors (Lipinski definition) is 1. The molecule has 0 radical (unpaired) electrons. The van der Waals surface area contributed by atoms with E-state index in [1.54, 1.807) is 6.07 Å². The van der Waals surface area contributed by atoms with Crippen LogP contribution in [0.15, 0.2) is 27.2 Å². The zero-order valence-electron chi connectivity index (χ0n) is 11.0. The van der Waals surface area contributed by atoms with E-state index in [0.29, 0.717) is 10.9 Å². The number of carboxylic acids is 1. The topological polar surface area (TPSA) is 63.3 Å². The largest absolute Gasteiger partial charge is 0.477 e. The van der Waals surface area contributed by atoms with Crippen molar-refractivity contribution in [1.29, 1.82) is 0 Å². The second kappa shape index (κ2) is 5.75. The van der Waals surface area contributed by atoms with Gasteiger partial charge in [-0.15, -0.1) is 0 Å². The summed E-state index contributed by atoms with van der Waals surface area (Å²) < 4.78 is 19.6. The standard InChI is InChI=1S/C14H13BrFNO3/c1-7(2)5-11-12(14(18)19)13(17-20-11)9-4-3-8(15)6-10(9)16/h3-4,6-7H,5H2,1-2H3,(H,18,19). The minimum atomic E-state index is -1.17. The summed E-state index contributed by atoms with van der Waals surface area (Å²) in [5.74, 6) is -1.24. The van der Waals surface area contributed by atoms with Crippen molar-refractivity contribution in [1.82, 2.24) is 5.16 Å². The quantitative estimate of drug-likeness (QED) is 0.907. The van der Waals surface area contributed by atoms with Crippen molar-refractivity contribution >= 4 is 21.9 Å². The SMILES string of the molecule is CC(C)Cc1onc(-c2ccc(Br)cc2F)c1C(=O)O. The third kappa shape index (κ3) is 2.90. The lowest BCUT2D eigenvalue weighted by molar-refractivity contribution is 0.0695. The predicted molar refractivity (Wildman–Crippen MR) is 75.1 cm³/mol. The van der Waals surface area contributed by atoms with Crippen LogP contribution >= 0.6 is 15.9 Å². The minimum Gasteiger partial charge on any atom is -0.477 e. The van der Waals surface area contributed by atoms with Gasteiger partial charge in [0.15, 0.2) is 5.76 Å². The highest BCUT2D eigenvalue weighted by Gasteiger charge is 2.25. The van der Waals surface area contributed by atoms with Crippen LogP contribution in [0.1, 0.15) is 30.0 Å². The van der Waals surface area contributed by atoms with E-state index in [2.05, 4.69) is 21.1 Å². The fourth-order valence-corrected chi connectivity index (χ4v) is 2.25.